The van der Waals surface area contributed by atoms with Crippen LogP contribution >= 0.6 is 0 Å². The van der Waals surface area contributed by atoms with E-state index in [1.54, 1.807) is 6.92 Å². The summed E-state index contributed by atoms with van der Waals surface area (Å²) < 4.78 is 41.8. The molecular weight excluding hydrogens is 467 g/mol. The van der Waals surface area contributed by atoms with Gasteiger partial charge < -0.3 is 18.9 Å². The molecule has 1 aliphatic heterocycles. The second kappa shape index (κ2) is 12.8. The first kappa shape index (κ1) is 27.5. The number of halogens is 1. The number of benzene rings is 3. The summed E-state index contributed by atoms with van der Waals surface area (Å²) >= 11 is 0. The highest BCUT2D eigenvalue weighted by Gasteiger charge is 2.57. The van der Waals surface area contributed by atoms with E-state index in [1.807, 2.05) is 97.9 Å². The molecule has 4 nitrogen and oxygen atoms in total. The van der Waals surface area contributed by atoms with Crippen molar-refractivity contribution in [2.75, 3.05) is 6.61 Å². The molecule has 0 amide bonds. The van der Waals surface area contributed by atoms with Crippen LogP contribution < -0.4 is 0 Å². The lowest BCUT2D eigenvalue weighted by Crippen LogP contribution is -2.63. The molecule has 0 N–H and O–H groups in total. The van der Waals surface area contributed by atoms with E-state index in [0.29, 0.717) is 19.6 Å². The van der Waals surface area contributed by atoms with Crippen LogP contribution in [-0.2, 0) is 38.8 Å². The Labute approximate surface area is 220 Å². The van der Waals surface area contributed by atoms with Crippen LogP contribution in [0.15, 0.2) is 91.0 Å². The molecule has 198 valence electrons. The SMILES string of the molecule is CCC(C)(F)C1(OCc2ccccc2)CC(C)C(OCc2ccccc2)C(COCc2ccccc2)O1. The molecule has 4 rings (SSSR count). The number of ether oxygens (including phenoxy) is 4. The molecule has 37 heavy (non-hydrogen) atoms. The van der Waals surface area contributed by atoms with E-state index < -0.39 is 17.6 Å². The van der Waals surface area contributed by atoms with Crippen LogP contribution in [0.3, 0.4) is 0 Å². The van der Waals surface area contributed by atoms with Crippen molar-refractivity contribution >= 4 is 0 Å². The highest BCUT2D eigenvalue weighted by Crippen LogP contribution is 2.46. The predicted molar refractivity (Wildman–Crippen MR) is 144 cm³/mol. The zero-order chi connectivity index (χ0) is 26.1. The molecular formula is C32H39FO4. The van der Waals surface area contributed by atoms with E-state index in [1.165, 1.54) is 0 Å². The Balaban J connectivity index is 1.54. The molecule has 0 radical (unpaired) electrons. The van der Waals surface area contributed by atoms with E-state index in [9.17, 15) is 0 Å². The Bertz CT molecular complexity index is 1060. The largest absolute Gasteiger partial charge is 0.374 e. The van der Waals surface area contributed by atoms with E-state index in [-0.39, 0.29) is 31.7 Å². The molecule has 1 fully saturated rings. The topological polar surface area (TPSA) is 36.9 Å². The fraction of sp³-hybridized carbons (Fsp3) is 0.438. The van der Waals surface area contributed by atoms with Gasteiger partial charge in [-0.15, -0.1) is 0 Å². The van der Waals surface area contributed by atoms with Gasteiger partial charge in [0.2, 0.25) is 5.79 Å². The van der Waals surface area contributed by atoms with Crippen LogP contribution in [0, 0.1) is 5.92 Å². The molecule has 0 aliphatic carbocycles. The molecule has 5 unspecified atom stereocenters. The van der Waals surface area contributed by atoms with Crippen molar-refractivity contribution in [3.8, 4) is 0 Å². The summed E-state index contributed by atoms with van der Waals surface area (Å²) in [6, 6.07) is 29.9. The predicted octanol–water partition coefficient (Wildman–Crippen LogP) is 7.26. The smallest absolute Gasteiger partial charge is 0.203 e. The van der Waals surface area contributed by atoms with Crippen LogP contribution in [0.25, 0.3) is 0 Å². The molecule has 0 bridgehead atoms. The zero-order valence-corrected chi connectivity index (χ0v) is 22.1. The van der Waals surface area contributed by atoms with Gasteiger partial charge >= 0.3 is 0 Å². The van der Waals surface area contributed by atoms with Gasteiger partial charge in [-0.25, -0.2) is 4.39 Å². The quantitative estimate of drug-likeness (QED) is 0.259. The molecule has 0 spiro atoms. The third-order valence-electron chi connectivity index (χ3n) is 7.31. The van der Waals surface area contributed by atoms with Crippen LogP contribution in [0.2, 0.25) is 0 Å². The molecule has 1 aliphatic rings. The van der Waals surface area contributed by atoms with E-state index in [2.05, 4.69) is 6.92 Å². The van der Waals surface area contributed by atoms with Crippen molar-refractivity contribution in [3.63, 3.8) is 0 Å². The number of hydrogen-bond acceptors (Lipinski definition) is 4. The number of alkyl halides is 1. The maximum atomic E-state index is 16.2. The van der Waals surface area contributed by atoms with Gasteiger partial charge in [0.05, 0.1) is 32.5 Å². The van der Waals surface area contributed by atoms with Crippen LogP contribution in [0.1, 0.15) is 50.3 Å². The summed E-state index contributed by atoms with van der Waals surface area (Å²) in [4.78, 5) is 0. The van der Waals surface area contributed by atoms with Crippen molar-refractivity contribution in [2.45, 2.75) is 77.1 Å². The first-order valence-electron chi connectivity index (χ1n) is 13.2. The molecule has 3 aromatic rings. The Kier molecular flexibility index (Phi) is 9.49. The second-order valence-corrected chi connectivity index (χ2v) is 10.2. The molecule has 0 saturated carbocycles. The summed E-state index contributed by atoms with van der Waals surface area (Å²) in [7, 11) is 0. The Morgan fingerprint density at radius 3 is 1.89 bits per heavy atom. The second-order valence-electron chi connectivity index (χ2n) is 10.2. The fourth-order valence-corrected chi connectivity index (χ4v) is 4.92. The third-order valence-corrected chi connectivity index (χ3v) is 7.31. The van der Waals surface area contributed by atoms with Crippen molar-refractivity contribution in [1.29, 1.82) is 0 Å². The van der Waals surface area contributed by atoms with Gasteiger partial charge in [-0.3, -0.25) is 0 Å². The summed E-state index contributed by atoms with van der Waals surface area (Å²) in [5.74, 6) is -1.43. The van der Waals surface area contributed by atoms with Crippen LogP contribution in [-0.4, -0.2) is 30.3 Å². The van der Waals surface area contributed by atoms with E-state index in [0.717, 1.165) is 16.7 Å². The van der Waals surface area contributed by atoms with E-state index in [4.69, 9.17) is 18.9 Å². The van der Waals surface area contributed by atoms with Crippen LogP contribution in [0.4, 0.5) is 4.39 Å². The molecule has 5 atom stereocenters. The lowest BCUT2D eigenvalue weighted by Gasteiger charge is -2.51. The average Bonchev–Trinajstić information content (AvgIpc) is 2.93. The van der Waals surface area contributed by atoms with Gasteiger partial charge in [-0.1, -0.05) is 105 Å². The lowest BCUT2D eigenvalue weighted by molar-refractivity contribution is -0.367. The lowest BCUT2D eigenvalue weighted by atomic mass is 9.80. The average molecular weight is 507 g/mol. The molecule has 5 heteroatoms. The maximum absolute atomic E-state index is 16.2. The standard InChI is InChI=1S/C32H39FO4/c1-4-31(3,33)32(36-23-28-18-12-7-13-19-28)20-25(2)30(35-22-27-16-10-6-11-17-27)29(37-32)24-34-21-26-14-8-5-9-15-26/h5-19,25,29-30H,4,20-24H2,1-3H3. The Morgan fingerprint density at radius 2 is 1.35 bits per heavy atom. The van der Waals surface area contributed by atoms with Gasteiger partial charge in [0.25, 0.3) is 0 Å². The Morgan fingerprint density at radius 1 is 0.838 bits per heavy atom. The monoisotopic (exact) mass is 506 g/mol. The van der Waals surface area contributed by atoms with Gasteiger partial charge in [0.1, 0.15) is 6.10 Å². The van der Waals surface area contributed by atoms with Crippen molar-refractivity contribution in [3.05, 3.63) is 108 Å². The summed E-state index contributed by atoms with van der Waals surface area (Å²) in [5.41, 5.74) is 1.44. The van der Waals surface area contributed by atoms with Crippen molar-refractivity contribution < 1.29 is 23.3 Å². The Hall–Kier alpha value is -2.57. The first-order chi connectivity index (χ1) is 17.9. The third kappa shape index (κ3) is 7.05. The van der Waals surface area contributed by atoms with Crippen molar-refractivity contribution in [2.24, 2.45) is 5.92 Å². The number of rotatable bonds is 12. The van der Waals surface area contributed by atoms with Gasteiger partial charge in [-0.05, 0) is 36.0 Å². The summed E-state index contributed by atoms with van der Waals surface area (Å²) in [5, 5.41) is 0. The normalized spacial score (nSPS) is 25.5. The van der Waals surface area contributed by atoms with Crippen molar-refractivity contribution in [1.82, 2.24) is 0 Å². The maximum Gasteiger partial charge on any atom is 0.203 e. The van der Waals surface area contributed by atoms with Crippen LogP contribution in [0.5, 0.6) is 0 Å². The number of hydrogen-bond donors (Lipinski definition) is 0. The van der Waals surface area contributed by atoms with E-state index >= 15 is 4.39 Å². The highest BCUT2D eigenvalue weighted by molar-refractivity contribution is 5.15. The first-order valence-corrected chi connectivity index (χ1v) is 13.2. The van der Waals surface area contributed by atoms with Gasteiger partial charge in [0.15, 0.2) is 5.67 Å². The summed E-state index contributed by atoms with van der Waals surface area (Å²) in [6.45, 7) is 6.94. The van der Waals surface area contributed by atoms with Gasteiger partial charge in [-0.2, -0.15) is 0 Å². The molecule has 3 aromatic carbocycles. The zero-order valence-electron chi connectivity index (χ0n) is 22.1. The molecule has 1 heterocycles. The molecule has 0 aromatic heterocycles. The highest BCUT2D eigenvalue weighted by atomic mass is 19.1. The molecule has 1 saturated heterocycles. The summed E-state index contributed by atoms with van der Waals surface area (Å²) in [6.07, 6.45) is -0.109. The fourth-order valence-electron chi connectivity index (χ4n) is 4.92. The van der Waals surface area contributed by atoms with Gasteiger partial charge in [0, 0.05) is 6.42 Å². The minimum Gasteiger partial charge on any atom is -0.374 e. The minimum atomic E-state index is -1.70. The minimum absolute atomic E-state index is 0.0137.